The number of aliphatic carboxylic acids is 1. The van der Waals surface area contributed by atoms with Crippen LogP contribution in [0.4, 0.5) is 0 Å². The van der Waals surface area contributed by atoms with Gasteiger partial charge in [-0.25, -0.2) is 0 Å². The van der Waals surface area contributed by atoms with E-state index >= 15 is 0 Å². The van der Waals surface area contributed by atoms with Gasteiger partial charge in [-0.15, -0.1) is 0 Å². The van der Waals surface area contributed by atoms with Crippen molar-refractivity contribution in [3.8, 4) is 0 Å². The molecule has 1 aromatic carbocycles. The van der Waals surface area contributed by atoms with E-state index in [0.717, 1.165) is 22.9 Å². The van der Waals surface area contributed by atoms with Crippen LogP contribution in [-0.2, 0) is 4.79 Å². The molecule has 1 N–H and O–H groups in total. The molecule has 3 unspecified atom stereocenters. The topological polar surface area (TPSA) is 37.3 Å². The number of benzene rings is 1. The van der Waals surface area contributed by atoms with Crippen molar-refractivity contribution in [1.29, 1.82) is 0 Å². The van der Waals surface area contributed by atoms with Gasteiger partial charge >= 0.3 is 5.97 Å². The minimum Gasteiger partial charge on any atom is -0.481 e. The van der Waals surface area contributed by atoms with E-state index in [4.69, 9.17) is 0 Å². The SMILES string of the molecule is CC1CC(C)CC(C(C(=O)O)c2ccc(Br)cc2)C1. The zero-order chi connectivity index (χ0) is 14.0. The lowest BCUT2D eigenvalue weighted by atomic mass is 9.70. The number of carbonyl (C=O) groups is 1. The molecule has 1 saturated carbocycles. The van der Waals surface area contributed by atoms with Crippen molar-refractivity contribution in [3.63, 3.8) is 0 Å². The predicted octanol–water partition coefficient (Wildman–Crippen LogP) is 4.69. The van der Waals surface area contributed by atoms with Gasteiger partial charge in [0.2, 0.25) is 0 Å². The van der Waals surface area contributed by atoms with Gasteiger partial charge in [0, 0.05) is 4.47 Å². The van der Waals surface area contributed by atoms with Crippen LogP contribution in [0.5, 0.6) is 0 Å². The maximum absolute atomic E-state index is 11.7. The van der Waals surface area contributed by atoms with Crippen LogP contribution in [0.3, 0.4) is 0 Å². The zero-order valence-electron chi connectivity index (χ0n) is 11.5. The van der Waals surface area contributed by atoms with E-state index in [1.807, 2.05) is 24.3 Å². The van der Waals surface area contributed by atoms with E-state index in [1.54, 1.807) is 0 Å². The summed E-state index contributed by atoms with van der Waals surface area (Å²) in [5.41, 5.74) is 0.932. The number of hydrogen-bond donors (Lipinski definition) is 1. The van der Waals surface area contributed by atoms with Crippen LogP contribution in [0.1, 0.15) is 44.6 Å². The molecule has 0 aromatic heterocycles. The summed E-state index contributed by atoms with van der Waals surface area (Å²) in [4.78, 5) is 11.7. The summed E-state index contributed by atoms with van der Waals surface area (Å²) in [7, 11) is 0. The van der Waals surface area contributed by atoms with Crippen molar-refractivity contribution in [2.45, 2.75) is 39.0 Å². The van der Waals surface area contributed by atoms with Gasteiger partial charge in [-0.2, -0.15) is 0 Å². The van der Waals surface area contributed by atoms with Crippen molar-refractivity contribution in [1.82, 2.24) is 0 Å². The second-order valence-electron chi connectivity index (χ2n) is 6.04. The Balaban J connectivity index is 2.24. The van der Waals surface area contributed by atoms with Crippen LogP contribution >= 0.6 is 15.9 Å². The average Bonchev–Trinajstić information content (AvgIpc) is 2.30. The Morgan fingerprint density at radius 3 is 2.16 bits per heavy atom. The van der Waals surface area contributed by atoms with E-state index in [9.17, 15) is 9.90 Å². The van der Waals surface area contributed by atoms with Crippen LogP contribution in [-0.4, -0.2) is 11.1 Å². The highest BCUT2D eigenvalue weighted by atomic mass is 79.9. The highest BCUT2D eigenvalue weighted by molar-refractivity contribution is 9.10. The normalized spacial score (nSPS) is 28.9. The molecule has 3 atom stereocenters. The fourth-order valence-corrected chi connectivity index (χ4v) is 3.83. The van der Waals surface area contributed by atoms with E-state index in [0.29, 0.717) is 11.8 Å². The van der Waals surface area contributed by atoms with Gasteiger partial charge in [0.05, 0.1) is 5.92 Å². The largest absolute Gasteiger partial charge is 0.481 e. The monoisotopic (exact) mass is 324 g/mol. The second kappa shape index (κ2) is 6.08. The molecule has 1 fully saturated rings. The van der Waals surface area contributed by atoms with Gasteiger partial charge in [0.25, 0.3) is 0 Å². The summed E-state index contributed by atoms with van der Waals surface area (Å²) < 4.78 is 0.991. The molecule has 1 aliphatic carbocycles. The van der Waals surface area contributed by atoms with Crippen molar-refractivity contribution >= 4 is 21.9 Å². The van der Waals surface area contributed by atoms with E-state index in [2.05, 4.69) is 29.8 Å². The Morgan fingerprint density at radius 2 is 1.68 bits per heavy atom. The van der Waals surface area contributed by atoms with Crippen LogP contribution in [0, 0.1) is 17.8 Å². The van der Waals surface area contributed by atoms with E-state index in [1.165, 1.54) is 6.42 Å². The predicted molar refractivity (Wildman–Crippen MR) is 80.2 cm³/mol. The minimum atomic E-state index is -0.686. The number of rotatable bonds is 3. The molecule has 0 bridgehead atoms. The van der Waals surface area contributed by atoms with Crippen LogP contribution < -0.4 is 0 Å². The maximum Gasteiger partial charge on any atom is 0.311 e. The van der Waals surface area contributed by atoms with E-state index < -0.39 is 5.97 Å². The third-order valence-electron chi connectivity index (χ3n) is 4.18. The van der Waals surface area contributed by atoms with Crippen molar-refractivity contribution in [2.75, 3.05) is 0 Å². The van der Waals surface area contributed by atoms with Crippen molar-refractivity contribution < 1.29 is 9.90 Å². The molecule has 0 heterocycles. The van der Waals surface area contributed by atoms with Crippen molar-refractivity contribution in [2.24, 2.45) is 17.8 Å². The number of carboxylic acid groups (broad SMARTS) is 1. The maximum atomic E-state index is 11.7. The highest BCUT2D eigenvalue weighted by Crippen LogP contribution is 2.41. The van der Waals surface area contributed by atoms with Gasteiger partial charge in [0.15, 0.2) is 0 Å². The third kappa shape index (κ3) is 3.59. The van der Waals surface area contributed by atoms with Gasteiger partial charge in [0.1, 0.15) is 0 Å². The summed E-state index contributed by atoms with van der Waals surface area (Å²) in [6.07, 6.45) is 3.28. The molecular weight excluding hydrogens is 304 g/mol. The molecule has 19 heavy (non-hydrogen) atoms. The summed E-state index contributed by atoms with van der Waals surface area (Å²) in [6, 6.07) is 7.74. The molecule has 1 aliphatic rings. The first-order valence-electron chi connectivity index (χ1n) is 6.95. The Bertz CT molecular complexity index is 431. The summed E-state index contributed by atoms with van der Waals surface area (Å²) >= 11 is 3.40. The van der Waals surface area contributed by atoms with Gasteiger partial charge in [-0.1, -0.05) is 41.9 Å². The lowest BCUT2D eigenvalue weighted by molar-refractivity contribution is -0.140. The molecule has 0 aliphatic heterocycles. The molecule has 0 amide bonds. The smallest absolute Gasteiger partial charge is 0.311 e. The van der Waals surface area contributed by atoms with Gasteiger partial charge in [-0.05, 0) is 54.7 Å². The van der Waals surface area contributed by atoms with E-state index in [-0.39, 0.29) is 11.8 Å². The lowest BCUT2D eigenvalue weighted by Crippen LogP contribution is -2.29. The molecule has 2 rings (SSSR count). The van der Waals surface area contributed by atoms with Crippen LogP contribution in [0.25, 0.3) is 0 Å². The second-order valence-corrected chi connectivity index (χ2v) is 6.96. The molecule has 0 spiro atoms. The fourth-order valence-electron chi connectivity index (χ4n) is 3.57. The zero-order valence-corrected chi connectivity index (χ0v) is 13.1. The van der Waals surface area contributed by atoms with Gasteiger partial charge < -0.3 is 5.11 Å². The Labute approximate surface area is 123 Å². The van der Waals surface area contributed by atoms with Crippen LogP contribution in [0.15, 0.2) is 28.7 Å². The summed E-state index contributed by atoms with van der Waals surface area (Å²) in [6.45, 7) is 4.48. The number of hydrogen-bond acceptors (Lipinski definition) is 1. The van der Waals surface area contributed by atoms with Crippen LogP contribution in [0.2, 0.25) is 0 Å². The van der Waals surface area contributed by atoms with Gasteiger partial charge in [-0.3, -0.25) is 4.79 Å². The average molecular weight is 325 g/mol. The molecule has 104 valence electrons. The first-order valence-corrected chi connectivity index (χ1v) is 7.75. The molecule has 3 heteroatoms. The molecule has 0 radical (unpaired) electrons. The molecule has 1 aromatic rings. The quantitative estimate of drug-likeness (QED) is 0.875. The number of carboxylic acids is 1. The first kappa shape index (κ1) is 14.6. The fraction of sp³-hybridized carbons (Fsp3) is 0.562. The molecule has 2 nitrogen and oxygen atoms in total. The first-order chi connectivity index (χ1) is 8.97. The number of halogens is 1. The molecule has 0 saturated heterocycles. The molecular formula is C16H21BrO2. The Morgan fingerprint density at radius 1 is 1.16 bits per heavy atom. The Hall–Kier alpha value is -0.830. The lowest BCUT2D eigenvalue weighted by Gasteiger charge is -2.35. The Kier molecular flexibility index (Phi) is 4.67. The summed E-state index contributed by atoms with van der Waals surface area (Å²) in [5, 5.41) is 9.61. The summed E-state index contributed by atoms with van der Waals surface area (Å²) in [5.74, 6) is 0.474. The highest BCUT2D eigenvalue weighted by Gasteiger charge is 2.34. The standard InChI is InChI=1S/C16H21BrO2/c1-10-7-11(2)9-13(8-10)15(16(18)19)12-3-5-14(17)6-4-12/h3-6,10-11,13,15H,7-9H2,1-2H3,(H,18,19). The third-order valence-corrected chi connectivity index (χ3v) is 4.71. The minimum absolute atomic E-state index is 0.262. The van der Waals surface area contributed by atoms with Crippen molar-refractivity contribution in [3.05, 3.63) is 34.3 Å².